The molecule has 0 aliphatic heterocycles. The Bertz CT molecular complexity index is 1200. The Morgan fingerprint density at radius 1 is 1.28 bits per heavy atom. The second-order valence-electron chi connectivity index (χ2n) is 7.93. The molecule has 10 heteroatoms. The summed E-state index contributed by atoms with van der Waals surface area (Å²) in [6.45, 7) is 5.60. The lowest BCUT2D eigenvalue weighted by Gasteiger charge is -2.18. The number of pyridine rings is 1. The average Bonchev–Trinajstić information content (AvgIpc) is 3.07. The minimum Gasteiger partial charge on any atom is -0.465 e. The van der Waals surface area contributed by atoms with Crippen molar-refractivity contribution in [3.8, 4) is 0 Å². The monoisotopic (exact) mass is 543 g/mol. The Hall–Kier alpha value is -2.16. The van der Waals surface area contributed by atoms with Gasteiger partial charge in [-0.25, -0.2) is 14.2 Å². The van der Waals surface area contributed by atoms with Gasteiger partial charge in [0.05, 0.1) is 5.02 Å². The number of hydrogen-bond donors (Lipinski definition) is 2. The lowest BCUT2D eigenvalue weighted by atomic mass is 9.93. The number of carboxylic acid groups (broad SMARTS) is 1. The van der Waals surface area contributed by atoms with Crippen LogP contribution in [-0.4, -0.2) is 32.7 Å². The van der Waals surface area contributed by atoms with Crippen LogP contribution in [0.4, 0.5) is 9.18 Å². The molecule has 1 amide bonds. The van der Waals surface area contributed by atoms with Gasteiger partial charge < -0.3 is 10.4 Å². The third-order valence-electron chi connectivity index (χ3n) is 5.16. The Labute approximate surface area is 202 Å². The summed E-state index contributed by atoms with van der Waals surface area (Å²) >= 11 is 16.0. The Balaban J connectivity index is 2.18. The molecular formula is C22H21BrCl2FN3O3. The molecular weight excluding hydrogens is 524 g/mol. The van der Waals surface area contributed by atoms with E-state index in [4.69, 9.17) is 23.2 Å². The van der Waals surface area contributed by atoms with Crippen LogP contribution < -0.4 is 5.32 Å². The minimum absolute atomic E-state index is 0.0723. The molecule has 0 radical (unpaired) electrons. The first-order valence-corrected chi connectivity index (χ1v) is 11.4. The molecule has 0 saturated carbocycles. The van der Waals surface area contributed by atoms with Crippen molar-refractivity contribution in [2.45, 2.75) is 39.2 Å². The molecule has 2 heterocycles. The summed E-state index contributed by atoms with van der Waals surface area (Å²) in [5.74, 6) is -1.46. The number of benzene rings is 1. The van der Waals surface area contributed by atoms with E-state index in [2.05, 4.69) is 26.2 Å². The zero-order valence-corrected chi connectivity index (χ0v) is 20.6. The fraction of sp³-hybridized carbons (Fsp3) is 0.318. The lowest BCUT2D eigenvalue weighted by Crippen LogP contribution is -2.43. The van der Waals surface area contributed by atoms with Gasteiger partial charge in [0, 0.05) is 33.2 Å². The molecule has 32 heavy (non-hydrogen) atoms. The van der Waals surface area contributed by atoms with Crippen LogP contribution in [0.25, 0.3) is 11.0 Å². The third-order valence-corrected chi connectivity index (χ3v) is 6.31. The van der Waals surface area contributed by atoms with Crippen molar-refractivity contribution in [1.29, 1.82) is 0 Å². The molecule has 6 nitrogen and oxygen atoms in total. The van der Waals surface area contributed by atoms with Gasteiger partial charge in [0.25, 0.3) is 5.91 Å². The van der Waals surface area contributed by atoms with Crippen molar-refractivity contribution in [2.24, 2.45) is 5.92 Å². The number of nitrogens with one attached hydrogen (secondary N) is 1. The van der Waals surface area contributed by atoms with Gasteiger partial charge in [0.2, 0.25) is 0 Å². The summed E-state index contributed by atoms with van der Waals surface area (Å²) in [6.07, 6.45) is 2.16. The first-order chi connectivity index (χ1) is 15.0. The highest BCUT2D eigenvalue weighted by molar-refractivity contribution is 9.10. The second kappa shape index (κ2) is 9.77. The van der Waals surface area contributed by atoms with Crippen molar-refractivity contribution < 1.29 is 19.1 Å². The summed E-state index contributed by atoms with van der Waals surface area (Å²) in [4.78, 5) is 29.0. The van der Waals surface area contributed by atoms with E-state index in [1.54, 1.807) is 25.4 Å². The smallest absolute Gasteiger partial charge is 0.405 e. The van der Waals surface area contributed by atoms with Crippen LogP contribution in [-0.2, 0) is 0 Å². The number of nitrogens with zero attached hydrogens (tertiary/aromatic N) is 2. The molecule has 0 unspecified atom stereocenters. The number of aromatic nitrogens is 2. The maximum absolute atomic E-state index is 14.2. The van der Waals surface area contributed by atoms with Gasteiger partial charge in [-0.2, -0.15) is 0 Å². The standard InChI is InChI=1S/C22H21BrCl2FN3O3/c1-10(2)6-17(28-22(31)32)21(30)29-9-14(13-7-12(23)8-27-20(13)29)11(3)18-15(24)4-5-16(26)19(18)25/h4-5,7-11,17,28H,6H2,1-3H3,(H,31,32)/t11-,17-/m0/s1. The fourth-order valence-corrected chi connectivity index (χ4v) is 4.75. The molecule has 0 spiro atoms. The van der Waals surface area contributed by atoms with Crippen molar-refractivity contribution >= 4 is 62.2 Å². The first-order valence-electron chi connectivity index (χ1n) is 9.84. The first kappa shape index (κ1) is 24.5. The maximum atomic E-state index is 14.2. The molecule has 0 aliphatic carbocycles. The van der Waals surface area contributed by atoms with E-state index >= 15 is 0 Å². The van der Waals surface area contributed by atoms with E-state index in [-0.39, 0.29) is 10.9 Å². The quantitative estimate of drug-likeness (QED) is 0.337. The number of halogens is 4. The summed E-state index contributed by atoms with van der Waals surface area (Å²) in [5, 5.41) is 12.3. The summed E-state index contributed by atoms with van der Waals surface area (Å²) in [6, 6.07) is 3.46. The second-order valence-corrected chi connectivity index (χ2v) is 9.63. The SMILES string of the molecule is CC(C)C[C@H](NC(=O)O)C(=O)n1cc([C@H](C)c2c(Cl)ccc(F)c2Cl)c2cc(Br)cnc21. The Morgan fingerprint density at radius 3 is 2.59 bits per heavy atom. The van der Waals surface area contributed by atoms with Gasteiger partial charge >= 0.3 is 6.09 Å². The molecule has 0 fully saturated rings. The summed E-state index contributed by atoms with van der Waals surface area (Å²) in [5.41, 5.74) is 1.39. The minimum atomic E-state index is -1.29. The van der Waals surface area contributed by atoms with Gasteiger partial charge in [0.15, 0.2) is 0 Å². The third kappa shape index (κ3) is 4.92. The molecule has 3 rings (SSSR count). The highest BCUT2D eigenvalue weighted by atomic mass is 79.9. The van der Waals surface area contributed by atoms with Gasteiger partial charge in [-0.05, 0) is 57.6 Å². The molecule has 3 aromatic rings. The largest absolute Gasteiger partial charge is 0.465 e. The number of carbonyl (C=O) groups excluding carboxylic acids is 1. The van der Waals surface area contributed by atoms with E-state index in [1.165, 1.54) is 16.7 Å². The number of rotatable bonds is 6. The molecule has 0 aliphatic rings. The van der Waals surface area contributed by atoms with Crippen LogP contribution in [0.15, 0.2) is 35.1 Å². The topological polar surface area (TPSA) is 84.2 Å². The van der Waals surface area contributed by atoms with Crippen LogP contribution >= 0.6 is 39.1 Å². The van der Waals surface area contributed by atoms with Crippen LogP contribution in [0.1, 0.15) is 49.0 Å². The van der Waals surface area contributed by atoms with Crippen molar-refractivity contribution in [3.05, 3.63) is 62.1 Å². The van der Waals surface area contributed by atoms with Crippen LogP contribution in [0.5, 0.6) is 0 Å². The molecule has 0 saturated heterocycles. The number of fused-ring (bicyclic) bond motifs is 1. The highest BCUT2D eigenvalue weighted by Crippen LogP contribution is 2.40. The van der Waals surface area contributed by atoms with E-state index in [0.29, 0.717) is 38.1 Å². The number of amides is 1. The van der Waals surface area contributed by atoms with Crippen molar-refractivity contribution in [3.63, 3.8) is 0 Å². The van der Waals surface area contributed by atoms with Crippen LogP contribution in [0.3, 0.4) is 0 Å². The van der Waals surface area contributed by atoms with Gasteiger partial charge in [-0.15, -0.1) is 0 Å². The van der Waals surface area contributed by atoms with E-state index in [9.17, 15) is 19.1 Å². The van der Waals surface area contributed by atoms with Gasteiger partial charge in [-0.1, -0.05) is 44.0 Å². The van der Waals surface area contributed by atoms with Gasteiger partial charge in [0.1, 0.15) is 17.5 Å². The zero-order chi connectivity index (χ0) is 23.7. The number of hydrogen-bond acceptors (Lipinski definition) is 3. The van der Waals surface area contributed by atoms with Gasteiger partial charge in [-0.3, -0.25) is 9.36 Å². The van der Waals surface area contributed by atoms with Crippen molar-refractivity contribution in [2.75, 3.05) is 0 Å². The molecule has 2 N–H and O–H groups in total. The highest BCUT2D eigenvalue weighted by Gasteiger charge is 2.28. The van der Waals surface area contributed by atoms with Crippen LogP contribution in [0, 0.1) is 11.7 Å². The molecule has 0 bridgehead atoms. The summed E-state index contributed by atoms with van der Waals surface area (Å²) < 4.78 is 16.2. The number of carbonyl (C=O) groups is 2. The normalized spacial score (nSPS) is 13.4. The zero-order valence-electron chi connectivity index (χ0n) is 17.5. The molecule has 2 atom stereocenters. The summed E-state index contributed by atoms with van der Waals surface area (Å²) in [7, 11) is 0. The Kier molecular flexibility index (Phi) is 7.47. The predicted molar refractivity (Wildman–Crippen MR) is 126 cm³/mol. The van der Waals surface area contributed by atoms with Crippen LogP contribution in [0.2, 0.25) is 10.0 Å². The van der Waals surface area contributed by atoms with E-state index < -0.39 is 29.8 Å². The lowest BCUT2D eigenvalue weighted by molar-refractivity contribution is 0.0845. The Morgan fingerprint density at radius 2 is 1.97 bits per heavy atom. The van der Waals surface area contributed by atoms with E-state index in [0.717, 1.165) is 0 Å². The fourth-order valence-electron chi connectivity index (χ4n) is 3.72. The molecule has 170 valence electrons. The van der Waals surface area contributed by atoms with Crippen molar-refractivity contribution in [1.82, 2.24) is 14.9 Å². The molecule has 1 aromatic carbocycles. The average molecular weight is 545 g/mol. The predicted octanol–water partition coefficient (Wildman–Crippen LogP) is 6.72. The molecule has 2 aromatic heterocycles. The van der Waals surface area contributed by atoms with E-state index in [1.807, 2.05) is 13.8 Å². The maximum Gasteiger partial charge on any atom is 0.405 e.